The first-order valence-corrected chi connectivity index (χ1v) is 8.46. The number of aromatic nitrogens is 2. The highest BCUT2D eigenvalue weighted by atomic mass is 79.9. The Hall–Kier alpha value is -0.840. The molecule has 0 fully saturated rings. The Balaban J connectivity index is 2.50. The number of nitrogens with one attached hydrogen (secondary N) is 1. The molecule has 5 heteroatoms. The summed E-state index contributed by atoms with van der Waals surface area (Å²) in [5.74, 6) is 0. The van der Waals surface area contributed by atoms with Crippen LogP contribution in [0, 0.1) is 6.92 Å². The maximum Gasteiger partial charge on any atom is 0.0837 e. The predicted molar refractivity (Wildman–Crippen MR) is 91.9 cm³/mol. The Morgan fingerprint density at radius 1 is 1.38 bits per heavy atom. The van der Waals surface area contributed by atoms with E-state index in [4.69, 9.17) is 11.6 Å². The smallest absolute Gasteiger partial charge is 0.0837 e. The van der Waals surface area contributed by atoms with E-state index in [0.717, 1.165) is 34.7 Å². The van der Waals surface area contributed by atoms with E-state index in [-0.39, 0.29) is 6.04 Å². The van der Waals surface area contributed by atoms with Gasteiger partial charge in [0.05, 0.1) is 23.0 Å². The first kappa shape index (κ1) is 16.5. The minimum atomic E-state index is 0.0599. The Labute approximate surface area is 139 Å². The standard InChI is InChI=1S/C16H21BrClN3/c1-4-8-21-16(14(18)10-20-21)15(19-5-2)13-7-6-12(17)9-11(13)3/h6-7,9-10,15,19H,4-5,8H2,1-3H3. The van der Waals surface area contributed by atoms with Crippen molar-refractivity contribution in [2.45, 2.75) is 39.8 Å². The second-order valence-corrected chi connectivity index (χ2v) is 6.42. The number of hydrogen-bond donors (Lipinski definition) is 1. The van der Waals surface area contributed by atoms with Crippen LogP contribution < -0.4 is 5.32 Å². The lowest BCUT2D eigenvalue weighted by molar-refractivity contribution is 0.519. The van der Waals surface area contributed by atoms with Crippen LogP contribution in [0.4, 0.5) is 0 Å². The van der Waals surface area contributed by atoms with Crippen LogP contribution in [-0.4, -0.2) is 16.3 Å². The molecule has 0 aliphatic rings. The molecule has 3 nitrogen and oxygen atoms in total. The van der Waals surface area contributed by atoms with Crippen molar-refractivity contribution in [1.29, 1.82) is 0 Å². The Kier molecular flexibility index (Phi) is 5.85. The molecule has 0 radical (unpaired) electrons. The molecule has 0 saturated heterocycles. The third-order valence-electron chi connectivity index (χ3n) is 3.49. The van der Waals surface area contributed by atoms with Gasteiger partial charge in [0, 0.05) is 11.0 Å². The fourth-order valence-electron chi connectivity index (χ4n) is 2.57. The van der Waals surface area contributed by atoms with Gasteiger partial charge in [-0.15, -0.1) is 0 Å². The molecule has 1 aromatic carbocycles. The number of halogens is 2. The minimum absolute atomic E-state index is 0.0599. The molecule has 0 bridgehead atoms. The van der Waals surface area contributed by atoms with Gasteiger partial charge in [-0.3, -0.25) is 4.68 Å². The van der Waals surface area contributed by atoms with Gasteiger partial charge in [-0.2, -0.15) is 5.10 Å². The normalized spacial score (nSPS) is 12.6. The fourth-order valence-corrected chi connectivity index (χ4v) is 3.30. The summed E-state index contributed by atoms with van der Waals surface area (Å²) in [6, 6.07) is 6.41. The van der Waals surface area contributed by atoms with Crippen molar-refractivity contribution >= 4 is 27.5 Å². The summed E-state index contributed by atoms with van der Waals surface area (Å²) in [4.78, 5) is 0. The zero-order chi connectivity index (χ0) is 15.4. The van der Waals surface area contributed by atoms with Gasteiger partial charge in [-0.05, 0) is 43.1 Å². The maximum absolute atomic E-state index is 6.41. The summed E-state index contributed by atoms with van der Waals surface area (Å²) >= 11 is 9.93. The molecule has 2 aromatic rings. The molecule has 0 saturated carbocycles. The Bertz CT molecular complexity index is 610. The third kappa shape index (κ3) is 3.68. The highest BCUT2D eigenvalue weighted by Gasteiger charge is 2.22. The van der Waals surface area contributed by atoms with E-state index in [9.17, 15) is 0 Å². The predicted octanol–water partition coefficient (Wildman–Crippen LogP) is 4.72. The lowest BCUT2D eigenvalue weighted by Crippen LogP contribution is -2.26. The summed E-state index contributed by atoms with van der Waals surface area (Å²) in [6.07, 6.45) is 2.77. The summed E-state index contributed by atoms with van der Waals surface area (Å²) in [5, 5.41) is 8.68. The molecule has 0 spiro atoms. The molecule has 21 heavy (non-hydrogen) atoms. The van der Waals surface area contributed by atoms with E-state index in [1.807, 2.05) is 4.68 Å². The van der Waals surface area contributed by atoms with Gasteiger partial charge >= 0.3 is 0 Å². The molecule has 1 atom stereocenters. The monoisotopic (exact) mass is 369 g/mol. The molecule has 0 aliphatic carbocycles. The van der Waals surface area contributed by atoms with Gasteiger partial charge in [0.1, 0.15) is 0 Å². The second kappa shape index (κ2) is 7.43. The van der Waals surface area contributed by atoms with Gasteiger partial charge in [0.25, 0.3) is 0 Å². The number of nitrogens with zero attached hydrogens (tertiary/aromatic N) is 2. The molecule has 1 unspecified atom stereocenters. The largest absolute Gasteiger partial charge is 0.305 e. The molecule has 0 aliphatic heterocycles. The van der Waals surface area contributed by atoms with Crippen molar-refractivity contribution in [3.63, 3.8) is 0 Å². The summed E-state index contributed by atoms with van der Waals surface area (Å²) < 4.78 is 3.10. The van der Waals surface area contributed by atoms with Crippen molar-refractivity contribution < 1.29 is 0 Å². The number of aryl methyl sites for hydroxylation is 2. The second-order valence-electron chi connectivity index (χ2n) is 5.09. The number of hydrogen-bond acceptors (Lipinski definition) is 2. The Morgan fingerprint density at radius 3 is 2.76 bits per heavy atom. The van der Waals surface area contributed by atoms with Crippen molar-refractivity contribution in [3.05, 3.63) is 50.7 Å². The SMILES string of the molecule is CCCn1ncc(Cl)c1C(NCC)c1ccc(Br)cc1C. The first-order chi connectivity index (χ1) is 10.1. The van der Waals surface area contributed by atoms with Crippen LogP contribution >= 0.6 is 27.5 Å². The average Bonchev–Trinajstić information content (AvgIpc) is 2.79. The lowest BCUT2D eigenvalue weighted by Gasteiger charge is -2.22. The van der Waals surface area contributed by atoms with Crippen molar-refractivity contribution in [2.75, 3.05) is 6.54 Å². The molecule has 2 rings (SSSR count). The summed E-state index contributed by atoms with van der Waals surface area (Å²) in [5.41, 5.74) is 3.52. The fraction of sp³-hybridized carbons (Fsp3) is 0.438. The van der Waals surface area contributed by atoms with Crippen LogP contribution in [0.5, 0.6) is 0 Å². The van der Waals surface area contributed by atoms with Crippen molar-refractivity contribution in [3.8, 4) is 0 Å². The van der Waals surface area contributed by atoms with Crippen LogP contribution in [0.25, 0.3) is 0 Å². The molecular formula is C16H21BrClN3. The Morgan fingerprint density at radius 2 is 2.14 bits per heavy atom. The van der Waals surface area contributed by atoms with E-state index in [1.54, 1.807) is 6.20 Å². The van der Waals surface area contributed by atoms with Crippen molar-refractivity contribution in [2.24, 2.45) is 0 Å². The van der Waals surface area contributed by atoms with E-state index < -0.39 is 0 Å². The maximum atomic E-state index is 6.41. The van der Waals surface area contributed by atoms with Gasteiger partial charge < -0.3 is 5.32 Å². The first-order valence-electron chi connectivity index (χ1n) is 7.29. The quantitative estimate of drug-likeness (QED) is 0.797. The van der Waals surface area contributed by atoms with Crippen molar-refractivity contribution in [1.82, 2.24) is 15.1 Å². The molecule has 1 aromatic heterocycles. The summed E-state index contributed by atoms with van der Waals surface area (Å²) in [7, 11) is 0. The van der Waals surface area contributed by atoms with Crippen LogP contribution in [0.3, 0.4) is 0 Å². The minimum Gasteiger partial charge on any atom is -0.305 e. The van der Waals surface area contributed by atoms with Gasteiger partial charge in [0.2, 0.25) is 0 Å². The van der Waals surface area contributed by atoms with Gasteiger partial charge in [0.15, 0.2) is 0 Å². The molecule has 0 amide bonds. The molecule has 1 heterocycles. The molecule has 114 valence electrons. The zero-order valence-electron chi connectivity index (χ0n) is 12.7. The zero-order valence-corrected chi connectivity index (χ0v) is 15.0. The van der Waals surface area contributed by atoms with Crippen LogP contribution in [0.15, 0.2) is 28.9 Å². The van der Waals surface area contributed by atoms with E-state index in [2.05, 4.69) is 65.3 Å². The van der Waals surface area contributed by atoms with E-state index >= 15 is 0 Å². The highest BCUT2D eigenvalue weighted by molar-refractivity contribution is 9.10. The van der Waals surface area contributed by atoms with Crippen LogP contribution in [-0.2, 0) is 6.54 Å². The highest BCUT2D eigenvalue weighted by Crippen LogP contribution is 2.31. The van der Waals surface area contributed by atoms with Gasteiger partial charge in [-0.1, -0.05) is 47.4 Å². The van der Waals surface area contributed by atoms with Crippen LogP contribution in [0.2, 0.25) is 5.02 Å². The van der Waals surface area contributed by atoms with Crippen LogP contribution in [0.1, 0.15) is 43.1 Å². The lowest BCUT2D eigenvalue weighted by atomic mass is 9.98. The van der Waals surface area contributed by atoms with E-state index in [0.29, 0.717) is 0 Å². The molecule has 1 N–H and O–H groups in total. The topological polar surface area (TPSA) is 29.9 Å². The number of benzene rings is 1. The number of rotatable bonds is 6. The van der Waals surface area contributed by atoms with E-state index in [1.165, 1.54) is 11.1 Å². The molecular weight excluding hydrogens is 350 g/mol. The summed E-state index contributed by atoms with van der Waals surface area (Å²) in [6.45, 7) is 8.12. The average molecular weight is 371 g/mol. The third-order valence-corrected chi connectivity index (χ3v) is 4.28. The van der Waals surface area contributed by atoms with Gasteiger partial charge in [-0.25, -0.2) is 0 Å².